The molecule has 0 aromatic heterocycles. The number of nitrogens with one attached hydrogen (secondary N) is 1. The molecule has 5 nitrogen and oxygen atoms in total. The highest BCUT2D eigenvalue weighted by Gasteiger charge is 2.65. The minimum atomic E-state index is -0.265. The van der Waals surface area contributed by atoms with Crippen molar-refractivity contribution in [3.8, 4) is 5.75 Å². The van der Waals surface area contributed by atoms with Crippen LogP contribution in [0.15, 0.2) is 24.3 Å². The lowest BCUT2D eigenvalue weighted by Crippen LogP contribution is -2.62. The maximum absolute atomic E-state index is 12.8. The number of para-hydroxylation sites is 2. The van der Waals surface area contributed by atoms with Crippen molar-refractivity contribution in [2.24, 2.45) is 45.8 Å². The molecule has 0 bridgehead atoms. The van der Waals surface area contributed by atoms with Gasteiger partial charge in [0.05, 0.1) is 25.0 Å². The summed E-state index contributed by atoms with van der Waals surface area (Å²) in [7, 11) is 1.63. The highest BCUT2D eigenvalue weighted by Crippen LogP contribution is 2.71. The Labute approximate surface area is 223 Å². The van der Waals surface area contributed by atoms with Crippen LogP contribution in [0.5, 0.6) is 5.75 Å². The molecule has 5 heteroatoms. The highest BCUT2D eigenvalue weighted by molar-refractivity contribution is 5.92. The molecule has 0 radical (unpaired) electrons. The summed E-state index contributed by atoms with van der Waals surface area (Å²) in [6.45, 7) is 9.68. The Bertz CT molecular complexity index is 997. The van der Waals surface area contributed by atoms with Crippen LogP contribution in [0.2, 0.25) is 0 Å². The third-order valence-electron chi connectivity index (χ3n) is 12.3. The number of anilines is 1. The molecule has 4 fully saturated rings. The van der Waals surface area contributed by atoms with Crippen LogP contribution in [-0.2, 0) is 4.79 Å². The number of ether oxygens (including phenoxy) is 1. The van der Waals surface area contributed by atoms with E-state index in [0.717, 1.165) is 37.8 Å². The van der Waals surface area contributed by atoms with Crippen LogP contribution < -0.4 is 10.1 Å². The van der Waals surface area contributed by atoms with Crippen LogP contribution in [0, 0.1) is 45.8 Å². The zero-order chi connectivity index (χ0) is 26.6. The van der Waals surface area contributed by atoms with Crippen LogP contribution >= 0.6 is 0 Å². The molecule has 4 aliphatic rings. The first-order valence-corrected chi connectivity index (χ1v) is 14.8. The number of rotatable bonds is 6. The minimum absolute atomic E-state index is 0.0269. The molecule has 1 amide bonds. The fraction of sp³-hybridized carbons (Fsp3) is 0.781. The van der Waals surface area contributed by atoms with Crippen molar-refractivity contribution in [3.63, 3.8) is 0 Å². The van der Waals surface area contributed by atoms with Crippen LogP contribution in [-0.4, -0.2) is 35.4 Å². The summed E-state index contributed by atoms with van der Waals surface area (Å²) >= 11 is 0. The van der Waals surface area contributed by atoms with E-state index in [1.54, 1.807) is 7.11 Å². The van der Waals surface area contributed by atoms with Crippen molar-refractivity contribution in [1.29, 1.82) is 0 Å². The Morgan fingerprint density at radius 1 is 1.05 bits per heavy atom. The Morgan fingerprint density at radius 2 is 1.81 bits per heavy atom. The second-order valence-electron chi connectivity index (χ2n) is 13.9. The minimum Gasteiger partial charge on any atom is -0.495 e. The second-order valence-corrected chi connectivity index (χ2v) is 13.9. The molecular formula is C32H49NO4. The van der Waals surface area contributed by atoms with E-state index < -0.39 is 0 Å². The van der Waals surface area contributed by atoms with Crippen molar-refractivity contribution in [3.05, 3.63) is 24.3 Å². The van der Waals surface area contributed by atoms with Gasteiger partial charge in [-0.15, -0.1) is 0 Å². The summed E-state index contributed by atoms with van der Waals surface area (Å²) in [5.74, 6) is 3.29. The third-order valence-corrected chi connectivity index (χ3v) is 12.3. The molecule has 37 heavy (non-hydrogen) atoms. The number of hydrogen-bond donors (Lipinski definition) is 3. The van der Waals surface area contributed by atoms with E-state index in [1.165, 1.54) is 25.7 Å². The van der Waals surface area contributed by atoms with Crippen molar-refractivity contribution >= 4 is 11.6 Å². The average Bonchev–Trinajstić information content (AvgIpc) is 3.21. The number of carbonyl (C=O) groups is 1. The van der Waals surface area contributed by atoms with Gasteiger partial charge < -0.3 is 20.3 Å². The number of methoxy groups -OCH3 is 1. The zero-order valence-electron chi connectivity index (χ0n) is 23.6. The molecule has 4 aliphatic carbocycles. The van der Waals surface area contributed by atoms with E-state index in [0.29, 0.717) is 41.8 Å². The fourth-order valence-electron chi connectivity index (χ4n) is 10.1. The van der Waals surface area contributed by atoms with E-state index in [1.807, 2.05) is 24.3 Å². The van der Waals surface area contributed by atoms with E-state index in [9.17, 15) is 15.0 Å². The van der Waals surface area contributed by atoms with E-state index >= 15 is 0 Å². The molecule has 0 saturated heterocycles. The number of aliphatic hydroxyl groups is 2. The van der Waals surface area contributed by atoms with Gasteiger partial charge in [-0.25, -0.2) is 0 Å². The topological polar surface area (TPSA) is 78.8 Å². The van der Waals surface area contributed by atoms with Gasteiger partial charge in [0.25, 0.3) is 0 Å². The molecule has 206 valence electrons. The maximum atomic E-state index is 12.8. The Morgan fingerprint density at radius 3 is 2.57 bits per heavy atom. The number of amides is 1. The standard InChI is InChI=1S/C32H49NO4/c1-20(10-13-28(36)33-25-8-6-7-9-27(25)37-5)22-11-12-23-29-24(15-16-31(22,23)3)32(4)17-14-21(34)18-30(32,2)19-26(29)35/h6-9,20-24,26,29,34-35H,10-19H2,1-5H3,(H,33,36)/t20-,21-,22-,23+,24+,26+,29+,30+,31-,32-/m1/s1. The number of aliphatic hydroxyl groups excluding tert-OH is 2. The van der Waals surface area contributed by atoms with Gasteiger partial charge in [0.15, 0.2) is 0 Å². The lowest BCUT2D eigenvalue weighted by Gasteiger charge is -2.66. The Kier molecular flexibility index (Phi) is 7.19. The van der Waals surface area contributed by atoms with E-state index in [2.05, 4.69) is 33.0 Å². The van der Waals surface area contributed by atoms with Crippen molar-refractivity contribution < 1.29 is 19.7 Å². The molecular weight excluding hydrogens is 462 g/mol. The van der Waals surface area contributed by atoms with Crippen molar-refractivity contribution in [2.45, 2.75) is 104 Å². The summed E-state index contributed by atoms with van der Waals surface area (Å²) in [4.78, 5) is 12.8. The second kappa shape index (κ2) is 9.86. The first-order valence-electron chi connectivity index (χ1n) is 14.8. The zero-order valence-corrected chi connectivity index (χ0v) is 23.6. The summed E-state index contributed by atoms with van der Waals surface area (Å²) in [6, 6.07) is 7.57. The van der Waals surface area contributed by atoms with Gasteiger partial charge in [0, 0.05) is 6.42 Å². The Balaban J connectivity index is 1.26. The van der Waals surface area contributed by atoms with Gasteiger partial charge in [-0.05, 0) is 116 Å². The SMILES string of the molecule is COc1ccccc1NC(=O)CC[C@@H](C)[C@H]1CC[C@H]2[C@@H]3[C@@H](O)C[C@]4(C)C[C@H](O)CC[C@]4(C)[C@H]3CC[C@]12C. The average molecular weight is 512 g/mol. The van der Waals surface area contributed by atoms with Crippen LogP contribution in [0.4, 0.5) is 5.69 Å². The smallest absolute Gasteiger partial charge is 0.224 e. The first kappa shape index (κ1) is 27.0. The lowest BCUT2D eigenvalue weighted by atomic mass is 9.39. The van der Waals surface area contributed by atoms with E-state index in [-0.39, 0.29) is 34.4 Å². The molecule has 0 spiro atoms. The van der Waals surface area contributed by atoms with Crippen molar-refractivity contribution in [2.75, 3.05) is 12.4 Å². The molecule has 5 rings (SSSR count). The van der Waals surface area contributed by atoms with E-state index in [4.69, 9.17) is 4.74 Å². The summed E-state index contributed by atoms with van der Waals surface area (Å²) < 4.78 is 5.38. The monoisotopic (exact) mass is 511 g/mol. The normalized spacial score (nSPS) is 43.8. The van der Waals surface area contributed by atoms with Crippen LogP contribution in [0.25, 0.3) is 0 Å². The van der Waals surface area contributed by atoms with Crippen LogP contribution in [0.3, 0.4) is 0 Å². The molecule has 10 atom stereocenters. The third kappa shape index (κ3) is 4.42. The molecule has 3 N–H and O–H groups in total. The first-order chi connectivity index (χ1) is 17.5. The summed E-state index contributed by atoms with van der Waals surface area (Å²) in [5, 5.41) is 25.1. The summed E-state index contributed by atoms with van der Waals surface area (Å²) in [6.07, 6.45) is 9.41. The predicted octanol–water partition coefficient (Wildman–Crippen LogP) is 6.43. The maximum Gasteiger partial charge on any atom is 0.224 e. The largest absolute Gasteiger partial charge is 0.495 e. The number of fused-ring (bicyclic) bond motifs is 5. The van der Waals surface area contributed by atoms with Gasteiger partial charge >= 0.3 is 0 Å². The van der Waals surface area contributed by atoms with Gasteiger partial charge in [0.1, 0.15) is 5.75 Å². The quantitative estimate of drug-likeness (QED) is 0.411. The van der Waals surface area contributed by atoms with Gasteiger partial charge in [-0.2, -0.15) is 0 Å². The number of benzene rings is 1. The molecule has 0 unspecified atom stereocenters. The van der Waals surface area contributed by atoms with Gasteiger partial charge in [-0.3, -0.25) is 4.79 Å². The molecule has 1 aromatic carbocycles. The van der Waals surface area contributed by atoms with Gasteiger partial charge in [-0.1, -0.05) is 39.8 Å². The van der Waals surface area contributed by atoms with Crippen LogP contribution in [0.1, 0.15) is 91.9 Å². The molecule has 0 heterocycles. The predicted molar refractivity (Wildman–Crippen MR) is 147 cm³/mol. The van der Waals surface area contributed by atoms with Gasteiger partial charge in [0.2, 0.25) is 5.91 Å². The van der Waals surface area contributed by atoms with Crippen molar-refractivity contribution in [1.82, 2.24) is 0 Å². The Hall–Kier alpha value is -1.59. The fourth-order valence-corrected chi connectivity index (χ4v) is 10.1. The lowest BCUT2D eigenvalue weighted by molar-refractivity contribution is -0.210. The number of carbonyl (C=O) groups excluding carboxylic acids is 1. The number of hydrogen-bond acceptors (Lipinski definition) is 4. The molecule has 4 saturated carbocycles. The molecule has 1 aromatic rings. The summed E-state index contributed by atoms with van der Waals surface area (Å²) in [5.41, 5.74) is 1.20. The molecule has 0 aliphatic heterocycles. The highest BCUT2D eigenvalue weighted by atomic mass is 16.5.